The average Bonchev–Trinajstić information content (AvgIpc) is 3.54. The maximum atomic E-state index is 12.4. The van der Waals surface area contributed by atoms with Crippen LogP contribution in [0.1, 0.15) is 37.0 Å². The first-order chi connectivity index (χ1) is 13.6. The fourth-order valence-electron chi connectivity index (χ4n) is 2.83. The number of nitrogens with zero attached hydrogens (tertiary/aromatic N) is 1. The van der Waals surface area contributed by atoms with Crippen LogP contribution in [0.2, 0.25) is 0 Å². The first kappa shape index (κ1) is 19.7. The Bertz CT molecular complexity index is 819. The molecule has 2 N–H and O–H groups in total. The lowest BCUT2D eigenvalue weighted by Crippen LogP contribution is -2.37. The fraction of sp³-hybridized carbons (Fsp3) is 0.381. The summed E-state index contributed by atoms with van der Waals surface area (Å²) in [4.78, 5) is 28.6. The van der Waals surface area contributed by atoms with Crippen molar-refractivity contribution in [1.82, 2.24) is 10.3 Å². The SMILES string of the molecule is CCOc1ccc(Nc2ncccc2C(=O)OCC(=O)NC(C)C2CC2)cc1. The van der Waals surface area contributed by atoms with Crippen LogP contribution in [0.25, 0.3) is 0 Å². The van der Waals surface area contributed by atoms with Crippen LogP contribution >= 0.6 is 0 Å². The van der Waals surface area contributed by atoms with Crippen molar-refractivity contribution in [2.75, 3.05) is 18.5 Å². The van der Waals surface area contributed by atoms with Crippen LogP contribution in [-0.2, 0) is 9.53 Å². The largest absolute Gasteiger partial charge is 0.494 e. The highest BCUT2D eigenvalue weighted by molar-refractivity contribution is 5.96. The minimum atomic E-state index is -0.601. The third-order valence-corrected chi connectivity index (χ3v) is 4.51. The zero-order valence-corrected chi connectivity index (χ0v) is 16.1. The van der Waals surface area contributed by atoms with Gasteiger partial charge in [0.05, 0.1) is 6.61 Å². The Morgan fingerprint density at radius 2 is 1.96 bits per heavy atom. The first-order valence-electron chi connectivity index (χ1n) is 9.48. The molecular weight excluding hydrogens is 358 g/mol. The molecule has 1 amide bonds. The maximum absolute atomic E-state index is 12.4. The molecule has 3 rings (SSSR count). The topological polar surface area (TPSA) is 89.6 Å². The summed E-state index contributed by atoms with van der Waals surface area (Å²) in [6, 6.07) is 10.7. The number of anilines is 2. The van der Waals surface area contributed by atoms with Crippen molar-refractivity contribution in [3.8, 4) is 5.75 Å². The lowest BCUT2D eigenvalue weighted by molar-refractivity contribution is -0.124. The Morgan fingerprint density at radius 1 is 1.21 bits per heavy atom. The first-order valence-corrected chi connectivity index (χ1v) is 9.48. The molecule has 1 aliphatic rings. The highest BCUT2D eigenvalue weighted by atomic mass is 16.5. The molecule has 1 saturated carbocycles. The number of pyridine rings is 1. The van der Waals surface area contributed by atoms with E-state index < -0.39 is 5.97 Å². The summed E-state index contributed by atoms with van der Waals surface area (Å²) in [6.45, 7) is 4.17. The Labute approximate surface area is 164 Å². The Hall–Kier alpha value is -3.09. The quantitative estimate of drug-likeness (QED) is 0.646. The summed E-state index contributed by atoms with van der Waals surface area (Å²) >= 11 is 0. The number of benzene rings is 1. The molecule has 148 valence electrons. The average molecular weight is 383 g/mol. The molecule has 0 spiro atoms. The monoisotopic (exact) mass is 383 g/mol. The Balaban J connectivity index is 1.59. The molecule has 1 aromatic carbocycles. The molecule has 1 aromatic heterocycles. The molecule has 1 heterocycles. The van der Waals surface area contributed by atoms with Crippen LogP contribution in [0.3, 0.4) is 0 Å². The van der Waals surface area contributed by atoms with Crippen molar-refractivity contribution in [3.05, 3.63) is 48.2 Å². The summed E-state index contributed by atoms with van der Waals surface area (Å²) in [5.74, 6) is 0.778. The van der Waals surface area contributed by atoms with Gasteiger partial charge in [-0.1, -0.05) is 0 Å². The van der Waals surface area contributed by atoms with Crippen molar-refractivity contribution in [1.29, 1.82) is 0 Å². The van der Waals surface area contributed by atoms with E-state index >= 15 is 0 Å². The standard InChI is InChI=1S/C21H25N3O4/c1-3-27-17-10-8-16(9-11-17)24-20-18(5-4-12-22-20)21(26)28-13-19(25)23-14(2)15-6-7-15/h4-5,8-12,14-15H,3,6-7,13H2,1-2H3,(H,22,24)(H,23,25). The van der Waals surface area contributed by atoms with E-state index in [2.05, 4.69) is 15.6 Å². The van der Waals surface area contributed by atoms with Gasteiger partial charge in [0.15, 0.2) is 6.61 Å². The van der Waals surface area contributed by atoms with Gasteiger partial charge in [-0.25, -0.2) is 9.78 Å². The highest BCUT2D eigenvalue weighted by Gasteiger charge is 2.29. The van der Waals surface area contributed by atoms with Crippen molar-refractivity contribution in [3.63, 3.8) is 0 Å². The van der Waals surface area contributed by atoms with Crippen molar-refractivity contribution < 1.29 is 19.1 Å². The van der Waals surface area contributed by atoms with Gasteiger partial charge < -0.3 is 20.1 Å². The number of ether oxygens (including phenoxy) is 2. The van der Waals surface area contributed by atoms with E-state index in [1.165, 1.54) is 0 Å². The normalized spacial score (nSPS) is 14.1. The summed E-state index contributed by atoms with van der Waals surface area (Å²) in [5.41, 5.74) is 1.02. The van der Waals surface area contributed by atoms with Crippen molar-refractivity contribution in [2.24, 2.45) is 5.92 Å². The molecule has 1 atom stereocenters. The second-order valence-corrected chi connectivity index (χ2v) is 6.75. The van der Waals surface area contributed by atoms with Crippen molar-refractivity contribution in [2.45, 2.75) is 32.7 Å². The lowest BCUT2D eigenvalue weighted by Gasteiger charge is -2.14. The summed E-state index contributed by atoms with van der Waals surface area (Å²) in [5, 5.41) is 5.96. The fourth-order valence-corrected chi connectivity index (χ4v) is 2.83. The van der Waals surface area contributed by atoms with Gasteiger partial charge in [0.25, 0.3) is 5.91 Å². The van der Waals surface area contributed by atoms with Crippen LogP contribution in [0.5, 0.6) is 5.75 Å². The molecule has 1 aliphatic carbocycles. The number of carbonyl (C=O) groups is 2. The molecule has 7 heteroatoms. The third-order valence-electron chi connectivity index (χ3n) is 4.51. The molecule has 28 heavy (non-hydrogen) atoms. The molecule has 7 nitrogen and oxygen atoms in total. The molecule has 0 radical (unpaired) electrons. The van der Waals surface area contributed by atoms with E-state index in [-0.39, 0.29) is 24.1 Å². The van der Waals surface area contributed by atoms with E-state index in [9.17, 15) is 9.59 Å². The maximum Gasteiger partial charge on any atom is 0.342 e. The van der Waals surface area contributed by atoms with Crippen LogP contribution in [0.4, 0.5) is 11.5 Å². The van der Waals surface area contributed by atoms with Gasteiger partial charge in [0, 0.05) is 17.9 Å². The van der Waals surface area contributed by atoms with Gasteiger partial charge in [0.1, 0.15) is 17.1 Å². The number of hydrogen-bond donors (Lipinski definition) is 2. The van der Waals surface area contributed by atoms with E-state index in [0.717, 1.165) is 24.3 Å². The molecular formula is C21H25N3O4. The number of nitrogens with one attached hydrogen (secondary N) is 2. The zero-order chi connectivity index (χ0) is 19.9. The third kappa shape index (κ3) is 5.45. The van der Waals surface area contributed by atoms with E-state index in [1.807, 2.05) is 38.1 Å². The van der Waals surface area contributed by atoms with Crippen LogP contribution in [0, 0.1) is 5.92 Å². The molecule has 1 fully saturated rings. The number of rotatable bonds is 9. The van der Waals surface area contributed by atoms with Gasteiger partial charge in [-0.3, -0.25) is 4.79 Å². The number of aromatic nitrogens is 1. The van der Waals surface area contributed by atoms with Gasteiger partial charge in [-0.15, -0.1) is 0 Å². The van der Waals surface area contributed by atoms with Gasteiger partial charge in [-0.2, -0.15) is 0 Å². The Kier molecular flexibility index (Phi) is 6.47. The second kappa shape index (κ2) is 9.21. The number of amides is 1. The van der Waals surface area contributed by atoms with E-state index in [4.69, 9.17) is 9.47 Å². The van der Waals surface area contributed by atoms with Gasteiger partial charge in [-0.05, 0) is 69.0 Å². The van der Waals surface area contributed by atoms with E-state index in [1.54, 1.807) is 18.3 Å². The second-order valence-electron chi connectivity index (χ2n) is 6.75. The molecule has 0 bridgehead atoms. The highest BCUT2D eigenvalue weighted by Crippen LogP contribution is 2.32. The lowest BCUT2D eigenvalue weighted by atomic mass is 10.2. The van der Waals surface area contributed by atoms with Crippen LogP contribution in [0.15, 0.2) is 42.6 Å². The molecule has 1 unspecified atom stereocenters. The number of hydrogen-bond acceptors (Lipinski definition) is 6. The van der Waals surface area contributed by atoms with Crippen molar-refractivity contribution >= 4 is 23.4 Å². The van der Waals surface area contributed by atoms with Crippen LogP contribution in [-0.4, -0.2) is 36.1 Å². The summed E-state index contributed by atoms with van der Waals surface area (Å²) in [7, 11) is 0. The number of esters is 1. The zero-order valence-electron chi connectivity index (χ0n) is 16.1. The number of carbonyl (C=O) groups excluding carboxylic acids is 2. The van der Waals surface area contributed by atoms with Gasteiger partial charge >= 0.3 is 5.97 Å². The summed E-state index contributed by atoms with van der Waals surface area (Å²) in [6.07, 6.45) is 3.85. The minimum Gasteiger partial charge on any atom is -0.494 e. The minimum absolute atomic E-state index is 0.112. The predicted octanol–water partition coefficient (Wildman–Crippen LogP) is 3.30. The van der Waals surface area contributed by atoms with Crippen LogP contribution < -0.4 is 15.4 Å². The van der Waals surface area contributed by atoms with E-state index in [0.29, 0.717) is 18.3 Å². The molecule has 0 saturated heterocycles. The predicted molar refractivity (Wildman–Crippen MR) is 106 cm³/mol. The smallest absolute Gasteiger partial charge is 0.342 e. The summed E-state index contributed by atoms with van der Waals surface area (Å²) < 4.78 is 10.6. The molecule has 2 aromatic rings. The Morgan fingerprint density at radius 3 is 2.64 bits per heavy atom. The molecule has 0 aliphatic heterocycles. The van der Waals surface area contributed by atoms with Gasteiger partial charge in [0.2, 0.25) is 0 Å².